The number of allylic oxidation sites excluding steroid dienone is 2. The molecule has 0 heterocycles. The van der Waals surface area contributed by atoms with E-state index in [4.69, 9.17) is 4.74 Å². The van der Waals surface area contributed by atoms with Crippen LogP contribution in [0.2, 0.25) is 0 Å². The van der Waals surface area contributed by atoms with Crippen LogP contribution < -0.4 is 4.74 Å². The Balaban J connectivity index is 1.70. The van der Waals surface area contributed by atoms with Crippen LogP contribution in [-0.4, -0.2) is 12.9 Å². The number of hydrogen-bond acceptors (Lipinski definition) is 2. The molecule has 0 amide bonds. The van der Waals surface area contributed by atoms with Crippen LogP contribution in [-0.2, 0) is 4.79 Å². The second-order valence-corrected chi connectivity index (χ2v) is 7.63. The highest BCUT2D eigenvalue weighted by Gasteiger charge is 2.57. The van der Waals surface area contributed by atoms with Crippen LogP contribution in [0.1, 0.15) is 30.4 Å². The lowest BCUT2D eigenvalue weighted by atomic mass is 9.77. The van der Waals surface area contributed by atoms with E-state index in [0.717, 1.165) is 16.9 Å². The normalized spacial score (nSPS) is 30.0. The van der Waals surface area contributed by atoms with Gasteiger partial charge in [-0.1, -0.05) is 42.5 Å². The molecule has 126 valence electrons. The van der Waals surface area contributed by atoms with Gasteiger partial charge in [-0.2, -0.15) is 0 Å². The zero-order chi connectivity index (χ0) is 17.0. The highest BCUT2D eigenvalue weighted by molar-refractivity contribution is 6.32. The van der Waals surface area contributed by atoms with Gasteiger partial charge < -0.3 is 4.74 Å². The molecular weight excluding hydrogens is 308 g/mol. The number of benzene rings is 2. The van der Waals surface area contributed by atoms with Crippen LogP contribution >= 0.6 is 0 Å². The Bertz CT molecular complexity index is 847. The van der Waals surface area contributed by atoms with Crippen molar-refractivity contribution in [3.63, 3.8) is 0 Å². The third-order valence-corrected chi connectivity index (χ3v) is 6.53. The number of methoxy groups -OCH3 is 1. The van der Waals surface area contributed by atoms with Crippen molar-refractivity contribution in [1.82, 2.24) is 0 Å². The highest BCUT2D eigenvalue weighted by Crippen LogP contribution is 2.62. The van der Waals surface area contributed by atoms with E-state index in [-0.39, 0.29) is 5.92 Å². The Labute approximate surface area is 148 Å². The molecule has 0 aromatic heterocycles. The van der Waals surface area contributed by atoms with Gasteiger partial charge in [0, 0.05) is 11.5 Å². The standard InChI is InChI=1S/C23H22O2/c1-25-18-11-9-15(10-12-18)19-20-16-7-8-17(13-16)22(20)23(24)21(19)14-5-3-2-4-6-14/h2-6,9-12,16-17,20,22H,7-8,13H2,1H3/t16-,17+,20?,22?/m1/s1. The van der Waals surface area contributed by atoms with Crippen molar-refractivity contribution in [2.24, 2.45) is 23.7 Å². The molecule has 4 atom stereocenters. The monoisotopic (exact) mass is 330 g/mol. The molecule has 0 spiro atoms. The van der Waals surface area contributed by atoms with Crippen LogP contribution in [0, 0.1) is 23.7 Å². The number of Topliss-reactive ketones (excluding diaryl/α,β-unsaturated/α-hetero) is 1. The summed E-state index contributed by atoms with van der Waals surface area (Å²) in [5.41, 5.74) is 4.52. The summed E-state index contributed by atoms with van der Waals surface area (Å²) in [5, 5.41) is 0. The van der Waals surface area contributed by atoms with Gasteiger partial charge in [0.2, 0.25) is 0 Å². The summed E-state index contributed by atoms with van der Waals surface area (Å²) in [6.45, 7) is 0. The van der Waals surface area contributed by atoms with Crippen LogP contribution in [0.25, 0.3) is 11.1 Å². The molecule has 0 N–H and O–H groups in total. The summed E-state index contributed by atoms with van der Waals surface area (Å²) < 4.78 is 5.32. The number of carbonyl (C=O) groups is 1. The van der Waals surface area contributed by atoms with E-state index in [9.17, 15) is 4.79 Å². The van der Waals surface area contributed by atoms with Gasteiger partial charge in [0.25, 0.3) is 0 Å². The van der Waals surface area contributed by atoms with Gasteiger partial charge in [-0.05, 0) is 65.8 Å². The van der Waals surface area contributed by atoms with Crippen molar-refractivity contribution in [3.8, 4) is 5.75 Å². The average Bonchev–Trinajstić information content (AvgIpc) is 3.35. The minimum absolute atomic E-state index is 0.214. The van der Waals surface area contributed by atoms with Gasteiger partial charge in [0.15, 0.2) is 5.78 Å². The van der Waals surface area contributed by atoms with E-state index in [2.05, 4.69) is 24.3 Å². The maximum atomic E-state index is 13.4. The fourth-order valence-electron chi connectivity index (χ4n) is 5.56. The summed E-state index contributed by atoms with van der Waals surface area (Å²) in [7, 11) is 1.69. The molecule has 2 fully saturated rings. The van der Waals surface area contributed by atoms with E-state index in [1.807, 2.05) is 30.3 Å². The lowest BCUT2D eigenvalue weighted by molar-refractivity contribution is -0.118. The minimum Gasteiger partial charge on any atom is -0.497 e. The minimum atomic E-state index is 0.214. The van der Waals surface area contributed by atoms with E-state index < -0.39 is 0 Å². The van der Waals surface area contributed by atoms with Gasteiger partial charge in [-0.25, -0.2) is 0 Å². The van der Waals surface area contributed by atoms with Gasteiger partial charge in [-0.15, -0.1) is 0 Å². The topological polar surface area (TPSA) is 26.3 Å². The van der Waals surface area contributed by atoms with Crippen molar-refractivity contribution in [1.29, 1.82) is 0 Å². The molecule has 2 unspecified atom stereocenters. The molecule has 3 aliphatic rings. The molecule has 0 radical (unpaired) electrons. The molecule has 25 heavy (non-hydrogen) atoms. The Morgan fingerprint density at radius 1 is 0.840 bits per heavy atom. The first-order valence-electron chi connectivity index (χ1n) is 9.26. The molecule has 0 aliphatic heterocycles. The lowest BCUT2D eigenvalue weighted by Gasteiger charge is -2.26. The number of ketones is 1. The van der Waals surface area contributed by atoms with Crippen molar-refractivity contribution < 1.29 is 9.53 Å². The average molecular weight is 330 g/mol. The van der Waals surface area contributed by atoms with E-state index >= 15 is 0 Å². The summed E-state index contributed by atoms with van der Waals surface area (Å²) in [6.07, 6.45) is 3.75. The first kappa shape index (κ1) is 14.9. The first-order chi connectivity index (χ1) is 12.3. The third kappa shape index (κ3) is 2.13. The number of fused-ring (bicyclic) bond motifs is 5. The largest absolute Gasteiger partial charge is 0.497 e. The zero-order valence-corrected chi connectivity index (χ0v) is 14.4. The second kappa shape index (κ2) is 5.59. The van der Waals surface area contributed by atoms with Crippen LogP contribution in [0.15, 0.2) is 54.6 Å². The Hall–Kier alpha value is -2.35. The fraction of sp³-hybridized carbons (Fsp3) is 0.348. The van der Waals surface area contributed by atoms with Crippen molar-refractivity contribution >= 4 is 16.9 Å². The molecule has 2 bridgehead atoms. The van der Waals surface area contributed by atoms with Crippen molar-refractivity contribution in [2.75, 3.05) is 7.11 Å². The predicted molar refractivity (Wildman–Crippen MR) is 99.1 cm³/mol. The van der Waals surface area contributed by atoms with E-state index in [0.29, 0.717) is 23.5 Å². The third-order valence-electron chi connectivity index (χ3n) is 6.53. The fourth-order valence-corrected chi connectivity index (χ4v) is 5.56. The maximum absolute atomic E-state index is 13.4. The Morgan fingerprint density at radius 2 is 1.52 bits per heavy atom. The lowest BCUT2D eigenvalue weighted by Crippen LogP contribution is -2.24. The molecule has 0 saturated heterocycles. The molecule has 5 rings (SSSR count). The molecule has 2 nitrogen and oxygen atoms in total. The van der Waals surface area contributed by atoms with Gasteiger partial charge in [-0.3, -0.25) is 4.79 Å². The number of ether oxygens (including phenoxy) is 1. The Morgan fingerprint density at radius 3 is 2.20 bits per heavy atom. The highest BCUT2D eigenvalue weighted by atomic mass is 16.5. The van der Waals surface area contributed by atoms with E-state index in [1.165, 1.54) is 30.4 Å². The van der Waals surface area contributed by atoms with Gasteiger partial charge >= 0.3 is 0 Å². The number of carbonyl (C=O) groups excluding carboxylic acids is 1. The quantitative estimate of drug-likeness (QED) is 0.804. The SMILES string of the molecule is COc1ccc(C2=C(c3ccccc3)C(=O)C3C2[C@@H]2CC[C@H]3C2)cc1. The van der Waals surface area contributed by atoms with E-state index in [1.54, 1.807) is 7.11 Å². The number of rotatable bonds is 3. The van der Waals surface area contributed by atoms with Gasteiger partial charge in [0.1, 0.15) is 5.75 Å². The molecular formula is C23H22O2. The van der Waals surface area contributed by atoms with Gasteiger partial charge in [0.05, 0.1) is 7.11 Å². The summed E-state index contributed by atoms with van der Waals surface area (Å²) in [5.74, 6) is 3.14. The second-order valence-electron chi connectivity index (χ2n) is 7.63. The summed E-state index contributed by atoms with van der Waals surface area (Å²) in [6, 6.07) is 18.5. The Kier molecular flexibility index (Phi) is 3.34. The number of hydrogen-bond donors (Lipinski definition) is 0. The summed E-state index contributed by atoms with van der Waals surface area (Å²) >= 11 is 0. The predicted octanol–water partition coefficient (Wildman–Crippen LogP) is 4.85. The zero-order valence-electron chi connectivity index (χ0n) is 14.4. The van der Waals surface area contributed by atoms with Crippen LogP contribution in [0.3, 0.4) is 0 Å². The molecule has 2 saturated carbocycles. The first-order valence-corrected chi connectivity index (χ1v) is 9.26. The molecule has 2 aromatic rings. The van der Waals surface area contributed by atoms with Crippen molar-refractivity contribution in [2.45, 2.75) is 19.3 Å². The maximum Gasteiger partial charge on any atom is 0.167 e. The van der Waals surface area contributed by atoms with Crippen LogP contribution in [0.5, 0.6) is 5.75 Å². The molecule has 2 heteroatoms. The smallest absolute Gasteiger partial charge is 0.167 e. The molecule has 3 aliphatic carbocycles. The molecule has 2 aromatic carbocycles. The van der Waals surface area contributed by atoms with Crippen molar-refractivity contribution in [3.05, 3.63) is 65.7 Å². The summed E-state index contributed by atoms with van der Waals surface area (Å²) in [4.78, 5) is 13.4. The van der Waals surface area contributed by atoms with Crippen LogP contribution in [0.4, 0.5) is 0 Å².